The van der Waals surface area contributed by atoms with Gasteiger partial charge in [-0.15, -0.1) is 11.3 Å². The fraction of sp³-hybridized carbons (Fsp3) is 0.250. The van der Waals surface area contributed by atoms with Crippen LogP contribution in [-0.2, 0) is 4.79 Å². The Bertz CT molecular complexity index is 969. The normalized spacial score (nSPS) is 11.4. The molecule has 0 radical (unpaired) electrons. The van der Waals surface area contributed by atoms with Crippen molar-refractivity contribution >= 4 is 50.5 Å². The predicted octanol–water partition coefficient (Wildman–Crippen LogP) is 5.13. The fourth-order valence-corrected chi connectivity index (χ4v) is 3.58. The highest BCUT2D eigenvalue weighted by Gasteiger charge is 2.21. The van der Waals surface area contributed by atoms with Crippen LogP contribution in [0.25, 0.3) is 20.8 Å². The summed E-state index contributed by atoms with van der Waals surface area (Å²) in [6, 6.07) is 14.2. The smallest absolute Gasteiger partial charge is 0.231 e. The average Bonchev–Trinajstić information content (AvgIpc) is 2.97. The molecule has 1 amide bonds. The molecular weight excluding hydrogens is 362 g/mol. The monoisotopic (exact) mass is 383 g/mol. The lowest BCUT2D eigenvalue weighted by Crippen LogP contribution is -2.41. The van der Waals surface area contributed by atoms with Crippen molar-refractivity contribution in [1.29, 1.82) is 0 Å². The van der Waals surface area contributed by atoms with Crippen molar-refractivity contribution < 1.29 is 4.79 Å². The number of aryl methyl sites for hydroxylation is 1. The van der Waals surface area contributed by atoms with Gasteiger partial charge in [-0.2, -0.15) is 0 Å². The molecule has 2 aromatic carbocycles. The molecule has 4 nitrogen and oxygen atoms in total. The molecule has 26 heavy (non-hydrogen) atoms. The van der Waals surface area contributed by atoms with E-state index >= 15 is 0 Å². The SMILES string of the molecule is Cc1ccc2nc(-c3ccc(NC(=S)NC(=O)C(C)(C)C)cc3)sc2c1. The quantitative estimate of drug-likeness (QED) is 0.602. The number of hydrogen-bond acceptors (Lipinski definition) is 4. The molecule has 1 aromatic heterocycles. The summed E-state index contributed by atoms with van der Waals surface area (Å²) in [5.74, 6) is -0.114. The molecule has 0 saturated carbocycles. The van der Waals surface area contributed by atoms with Gasteiger partial charge in [0.15, 0.2) is 5.11 Å². The number of nitrogens with zero attached hydrogens (tertiary/aromatic N) is 1. The number of rotatable bonds is 2. The molecule has 2 N–H and O–H groups in total. The number of nitrogens with one attached hydrogen (secondary N) is 2. The van der Waals surface area contributed by atoms with E-state index in [4.69, 9.17) is 17.2 Å². The maximum atomic E-state index is 12.0. The summed E-state index contributed by atoms with van der Waals surface area (Å²) < 4.78 is 1.19. The van der Waals surface area contributed by atoms with Gasteiger partial charge in [0.1, 0.15) is 5.01 Å². The molecule has 3 rings (SSSR count). The standard InChI is InChI=1S/C20H21N3OS2/c1-12-5-10-15-16(11-12)26-17(22-15)13-6-8-14(9-7-13)21-19(25)23-18(24)20(2,3)4/h5-11H,1-4H3,(H2,21,23,24,25). The van der Waals surface area contributed by atoms with Gasteiger partial charge in [0.2, 0.25) is 5.91 Å². The molecular formula is C20H21N3OS2. The Hall–Kier alpha value is -2.31. The minimum atomic E-state index is -0.485. The van der Waals surface area contributed by atoms with E-state index in [1.54, 1.807) is 11.3 Å². The second-order valence-corrected chi connectivity index (χ2v) is 8.66. The van der Waals surface area contributed by atoms with E-state index in [1.807, 2.05) is 45.0 Å². The molecule has 0 fully saturated rings. The van der Waals surface area contributed by atoms with E-state index in [1.165, 1.54) is 10.3 Å². The van der Waals surface area contributed by atoms with E-state index in [0.29, 0.717) is 5.11 Å². The first kappa shape index (κ1) is 18.5. The van der Waals surface area contributed by atoms with Gasteiger partial charge in [0.25, 0.3) is 0 Å². The Morgan fingerprint density at radius 3 is 2.46 bits per heavy atom. The van der Waals surface area contributed by atoms with Crippen LogP contribution in [0.3, 0.4) is 0 Å². The van der Waals surface area contributed by atoms with Crippen molar-refractivity contribution in [2.45, 2.75) is 27.7 Å². The summed E-state index contributed by atoms with van der Waals surface area (Å²) in [6.45, 7) is 7.62. The van der Waals surface area contributed by atoms with Gasteiger partial charge in [-0.25, -0.2) is 4.98 Å². The second-order valence-electron chi connectivity index (χ2n) is 7.23. The van der Waals surface area contributed by atoms with Gasteiger partial charge in [-0.1, -0.05) is 26.8 Å². The van der Waals surface area contributed by atoms with Crippen LogP contribution >= 0.6 is 23.6 Å². The van der Waals surface area contributed by atoms with Gasteiger partial charge in [-0.3, -0.25) is 4.79 Å². The van der Waals surface area contributed by atoms with E-state index in [0.717, 1.165) is 21.8 Å². The van der Waals surface area contributed by atoms with Crippen LogP contribution in [0.2, 0.25) is 0 Å². The number of anilines is 1. The largest absolute Gasteiger partial charge is 0.332 e. The third-order valence-electron chi connectivity index (χ3n) is 3.84. The van der Waals surface area contributed by atoms with E-state index in [-0.39, 0.29) is 5.91 Å². The first-order valence-electron chi connectivity index (χ1n) is 8.32. The highest BCUT2D eigenvalue weighted by molar-refractivity contribution is 7.80. The number of fused-ring (bicyclic) bond motifs is 1. The Kier molecular flexibility index (Phi) is 5.07. The van der Waals surface area contributed by atoms with Crippen molar-refractivity contribution in [2.24, 2.45) is 5.41 Å². The summed E-state index contributed by atoms with van der Waals surface area (Å²) in [5, 5.41) is 7.03. The predicted molar refractivity (Wildman–Crippen MR) is 114 cm³/mol. The average molecular weight is 384 g/mol. The maximum absolute atomic E-state index is 12.0. The number of carbonyl (C=O) groups excluding carboxylic acids is 1. The van der Waals surface area contributed by atoms with Gasteiger partial charge >= 0.3 is 0 Å². The number of thiazole rings is 1. The van der Waals surface area contributed by atoms with Crippen LogP contribution in [0, 0.1) is 12.3 Å². The molecule has 0 aliphatic heterocycles. The minimum Gasteiger partial charge on any atom is -0.332 e. The van der Waals surface area contributed by atoms with Crippen LogP contribution in [0.4, 0.5) is 5.69 Å². The summed E-state index contributed by atoms with van der Waals surface area (Å²) in [6.07, 6.45) is 0. The molecule has 0 saturated heterocycles. The molecule has 3 aromatic rings. The zero-order chi connectivity index (χ0) is 18.9. The van der Waals surface area contributed by atoms with Gasteiger partial charge in [0, 0.05) is 16.7 Å². The van der Waals surface area contributed by atoms with E-state index in [9.17, 15) is 4.79 Å². The highest BCUT2D eigenvalue weighted by Crippen LogP contribution is 2.31. The number of thiocarbonyl (C=S) groups is 1. The van der Waals surface area contributed by atoms with Gasteiger partial charge in [-0.05, 0) is 61.1 Å². The summed E-state index contributed by atoms with van der Waals surface area (Å²) in [4.78, 5) is 16.7. The minimum absolute atomic E-state index is 0.114. The third-order valence-corrected chi connectivity index (χ3v) is 5.11. The number of amides is 1. The van der Waals surface area contributed by atoms with Crippen molar-refractivity contribution in [3.63, 3.8) is 0 Å². The summed E-state index contributed by atoms with van der Waals surface area (Å²) in [5.41, 5.74) is 3.65. The van der Waals surface area contributed by atoms with Gasteiger partial charge < -0.3 is 10.6 Å². The molecule has 0 aliphatic carbocycles. The van der Waals surface area contributed by atoms with Crippen LogP contribution in [0.1, 0.15) is 26.3 Å². The van der Waals surface area contributed by atoms with Crippen LogP contribution < -0.4 is 10.6 Å². The topological polar surface area (TPSA) is 54.0 Å². The molecule has 1 heterocycles. The van der Waals surface area contributed by atoms with E-state index in [2.05, 4.69) is 35.8 Å². The molecule has 0 bridgehead atoms. The lowest BCUT2D eigenvalue weighted by atomic mass is 9.96. The Morgan fingerprint density at radius 1 is 1.12 bits per heavy atom. The van der Waals surface area contributed by atoms with Crippen molar-refractivity contribution in [1.82, 2.24) is 10.3 Å². The molecule has 0 atom stereocenters. The van der Waals surface area contributed by atoms with Crippen molar-refractivity contribution in [3.05, 3.63) is 48.0 Å². The summed E-state index contributed by atoms with van der Waals surface area (Å²) >= 11 is 6.89. The Labute approximate surface area is 162 Å². The van der Waals surface area contributed by atoms with Crippen molar-refractivity contribution in [2.75, 3.05) is 5.32 Å². The highest BCUT2D eigenvalue weighted by atomic mass is 32.1. The zero-order valence-electron chi connectivity index (χ0n) is 15.2. The molecule has 6 heteroatoms. The van der Waals surface area contributed by atoms with Crippen LogP contribution in [-0.4, -0.2) is 16.0 Å². The van der Waals surface area contributed by atoms with Crippen LogP contribution in [0.5, 0.6) is 0 Å². The third kappa shape index (κ3) is 4.26. The maximum Gasteiger partial charge on any atom is 0.231 e. The lowest BCUT2D eigenvalue weighted by molar-refractivity contribution is -0.126. The van der Waals surface area contributed by atoms with Gasteiger partial charge in [0.05, 0.1) is 10.2 Å². The number of aromatic nitrogens is 1. The Balaban J connectivity index is 1.71. The number of benzene rings is 2. The summed E-state index contributed by atoms with van der Waals surface area (Å²) in [7, 11) is 0. The molecule has 0 aliphatic rings. The molecule has 134 valence electrons. The first-order valence-corrected chi connectivity index (χ1v) is 9.55. The number of hydrogen-bond donors (Lipinski definition) is 2. The molecule has 0 spiro atoms. The van der Waals surface area contributed by atoms with Crippen LogP contribution in [0.15, 0.2) is 42.5 Å². The lowest BCUT2D eigenvalue weighted by Gasteiger charge is -2.18. The first-order chi connectivity index (χ1) is 12.2. The second kappa shape index (κ2) is 7.13. The molecule has 0 unspecified atom stereocenters. The van der Waals surface area contributed by atoms with Crippen molar-refractivity contribution in [3.8, 4) is 10.6 Å². The van der Waals surface area contributed by atoms with E-state index < -0.39 is 5.41 Å². The fourth-order valence-electron chi connectivity index (χ4n) is 2.30. The Morgan fingerprint density at radius 2 is 1.81 bits per heavy atom. The zero-order valence-corrected chi connectivity index (χ0v) is 16.8. The number of carbonyl (C=O) groups is 1.